The standard InChI is InChI=1S/C14H16O3/c1-14(2,3)17-12-8-11(15)9-6-4-5-7-10(9)13(12)16/h4-8,15-16H,1-3H3. The van der Waals surface area contributed by atoms with Gasteiger partial charge in [-0.05, 0) is 20.8 Å². The van der Waals surface area contributed by atoms with Crippen molar-refractivity contribution in [2.45, 2.75) is 26.4 Å². The molecule has 0 bridgehead atoms. The quantitative estimate of drug-likeness (QED) is 0.740. The molecule has 0 spiro atoms. The van der Waals surface area contributed by atoms with Crippen LogP contribution in [0, 0.1) is 0 Å². The van der Waals surface area contributed by atoms with Crippen molar-refractivity contribution in [3.8, 4) is 17.2 Å². The van der Waals surface area contributed by atoms with Gasteiger partial charge in [0.15, 0.2) is 11.5 Å². The summed E-state index contributed by atoms with van der Waals surface area (Å²) in [6.45, 7) is 5.66. The number of fused-ring (bicyclic) bond motifs is 1. The highest BCUT2D eigenvalue weighted by atomic mass is 16.5. The molecule has 0 aromatic heterocycles. The van der Waals surface area contributed by atoms with Gasteiger partial charge in [0.1, 0.15) is 11.4 Å². The molecule has 0 unspecified atom stereocenters. The first-order valence-corrected chi connectivity index (χ1v) is 5.51. The van der Waals surface area contributed by atoms with Crippen molar-refractivity contribution in [1.29, 1.82) is 0 Å². The number of hydrogen-bond donors (Lipinski definition) is 2. The van der Waals surface area contributed by atoms with Crippen LogP contribution in [0.4, 0.5) is 0 Å². The van der Waals surface area contributed by atoms with Crippen LogP contribution in [0.15, 0.2) is 30.3 Å². The normalized spacial score (nSPS) is 11.7. The van der Waals surface area contributed by atoms with Crippen molar-refractivity contribution >= 4 is 10.8 Å². The SMILES string of the molecule is CC(C)(C)Oc1cc(O)c2ccccc2c1O. The van der Waals surface area contributed by atoms with E-state index >= 15 is 0 Å². The van der Waals surface area contributed by atoms with Crippen LogP contribution < -0.4 is 4.74 Å². The Morgan fingerprint density at radius 3 is 2.18 bits per heavy atom. The largest absolute Gasteiger partial charge is 0.507 e. The second kappa shape index (κ2) is 3.84. The zero-order valence-electron chi connectivity index (χ0n) is 10.2. The van der Waals surface area contributed by atoms with Crippen LogP contribution in [0.1, 0.15) is 20.8 Å². The van der Waals surface area contributed by atoms with Gasteiger partial charge in [-0.2, -0.15) is 0 Å². The summed E-state index contributed by atoms with van der Waals surface area (Å²) in [5, 5.41) is 21.2. The summed E-state index contributed by atoms with van der Waals surface area (Å²) in [5.41, 5.74) is -0.424. The second-order valence-electron chi connectivity index (χ2n) is 5.00. The predicted octanol–water partition coefficient (Wildman–Crippen LogP) is 3.43. The third-order valence-electron chi connectivity index (χ3n) is 2.38. The fourth-order valence-corrected chi connectivity index (χ4v) is 1.72. The number of phenols is 2. The minimum atomic E-state index is -0.424. The summed E-state index contributed by atoms with van der Waals surface area (Å²) < 4.78 is 5.61. The Morgan fingerprint density at radius 1 is 1.00 bits per heavy atom. The van der Waals surface area contributed by atoms with E-state index in [2.05, 4.69) is 0 Å². The highest BCUT2D eigenvalue weighted by Crippen LogP contribution is 2.41. The minimum Gasteiger partial charge on any atom is -0.507 e. The van der Waals surface area contributed by atoms with E-state index in [-0.39, 0.29) is 11.5 Å². The lowest BCUT2D eigenvalue weighted by Crippen LogP contribution is -2.22. The fraction of sp³-hybridized carbons (Fsp3) is 0.286. The smallest absolute Gasteiger partial charge is 0.166 e. The predicted molar refractivity (Wildman–Crippen MR) is 67.7 cm³/mol. The van der Waals surface area contributed by atoms with Crippen LogP contribution in [-0.2, 0) is 0 Å². The second-order valence-corrected chi connectivity index (χ2v) is 5.00. The number of aromatic hydroxyl groups is 2. The molecule has 0 heterocycles. The van der Waals surface area contributed by atoms with Gasteiger partial charge in [0.05, 0.1) is 0 Å². The fourth-order valence-electron chi connectivity index (χ4n) is 1.72. The van der Waals surface area contributed by atoms with Gasteiger partial charge in [-0.25, -0.2) is 0 Å². The molecule has 0 atom stereocenters. The summed E-state index contributed by atoms with van der Waals surface area (Å²) in [7, 11) is 0. The zero-order chi connectivity index (χ0) is 12.6. The Balaban J connectivity index is 2.63. The lowest BCUT2D eigenvalue weighted by atomic mass is 10.1. The van der Waals surface area contributed by atoms with Gasteiger partial charge in [0.2, 0.25) is 0 Å². The van der Waals surface area contributed by atoms with Crippen molar-refractivity contribution in [1.82, 2.24) is 0 Å². The van der Waals surface area contributed by atoms with Gasteiger partial charge in [-0.15, -0.1) is 0 Å². The number of phenolic OH excluding ortho intramolecular Hbond substituents is 2. The van der Waals surface area contributed by atoms with Gasteiger partial charge < -0.3 is 14.9 Å². The Hall–Kier alpha value is -1.90. The molecule has 2 rings (SSSR count). The van der Waals surface area contributed by atoms with Gasteiger partial charge in [-0.3, -0.25) is 0 Å². The van der Waals surface area contributed by atoms with E-state index in [9.17, 15) is 10.2 Å². The van der Waals surface area contributed by atoms with E-state index in [4.69, 9.17) is 4.74 Å². The molecule has 0 aliphatic heterocycles. The molecular weight excluding hydrogens is 216 g/mol. The molecule has 2 aromatic rings. The molecule has 2 aromatic carbocycles. The highest BCUT2D eigenvalue weighted by molar-refractivity contribution is 5.95. The van der Waals surface area contributed by atoms with E-state index in [0.29, 0.717) is 16.5 Å². The van der Waals surface area contributed by atoms with Crippen LogP contribution in [0.25, 0.3) is 10.8 Å². The zero-order valence-corrected chi connectivity index (χ0v) is 10.2. The Morgan fingerprint density at radius 2 is 1.59 bits per heavy atom. The summed E-state index contributed by atoms with van der Waals surface area (Å²) in [5.74, 6) is 0.472. The highest BCUT2D eigenvalue weighted by Gasteiger charge is 2.17. The summed E-state index contributed by atoms with van der Waals surface area (Å²) in [6, 6.07) is 8.57. The summed E-state index contributed by atoms with van der Waals surface area (Å²) in [4.78, 5) is 0. The maximum atomic E-state index is 10.1. The van der Waals surface area contributed by atoms with Crippen LogP contribution >= 0.6 is 0 Å². The first-order chi connectivity index (χ1) is 7.88. The average Bonchev–Trinajstić information content (AvgIpc) is 2.24. The van der Waals surface area contributed by atoms with E-state index < -0.39 is 5.60 Å². The van der Waals surface area contributed by atoms with E-state index in [1.54, 1.807) is 12.1 Å². The number of rotatable bonds is 1. The molecule has 2 N–H and O–H groups in total. The van der Waals surface area contributed by atoms with E-state index in [1.807, 2.05) is 32.9 Å². The molecule has 0 saturated heterocycles. The minimum absolute atomic E-state index is 0.0633. The molecule has 90 valence electrons. The number of benzene rings is 2. The Bertz CT molecular complexity index is 553. The van der Waals surface area contributed by atoms with Gasteiger partial charge in [-0.1, -0.05) is 24.3 Å². The Labute approximate surface area is 100 Å². The number of hydrogen-bond acceptors (Lipinski definition) is 3. The topological polar surface area (TPSA) is 49.7 Å². The summed E-state index contributed by atoms with van der Waals surface area (Å²) in [6.07, 6.45) is 0. The molecule has 0 fully saturated rings. The maximum absolute atomic E-state index is 10.1. The van der Waals surface area contributed by atoms with Crippen molar-refractivity contribution < 1.29 is 14.9 Å². The number of ether oxygens (including phenoxy) is 1. The molecule has 0 aliphatic rings. The van der Waals surface area contributed by atoms with Gasteiger partial charge in [0, 0.05) is 16.8 Å². The van der Waals surface area contributed by atoms with Crippen molar-refractivity contribution in [2.75, 3.05) is 0 Å². The van der Waals surface area contributed by atoms with Gasteiger partial charge in [0.25, 0.3) is 0 Å². The molecule has 0 amide bonds. The molecule has 0 radical (unpaired) electrons. The first-order valence-electron chi connectivity index (χ1n) is 5.51. The first kappa shape index (κ1) is 11.6. The molecule has 17 heavy (non-hydrogen) atoms. The van der Waals surface area contributed by atoms with E-state index in [1.165, 1.54) is 6.07 Å². The lowest BCUT2D eigenvalue weighted by molar-refractivity contribution is 0.126. The van der Waals surface area contributed by atoms with E-state index in [0.717, 1.165) is 0 Å². The monoisotopic (exact) mass is 232 g/mol. The van der Waals surface area contributed by atoms with Crippen LogP contribution in [0.3, 0.4) is 0 Å². The van der Waals surface area contributed by atoms with Crippen molar-refractivity contribution in [2.24, 2.45) is 0 Å². The lowest BCUT2D eigenvalue weighted by Gasteiger charge is -2.22. The maximum Gasteiger partial charge on any atom is 0.166 e. The molecule has 3 heteroatoms. The Kier molecular flexibility index (Phi) is 2.62. The van der Waals surface area contributed by atoms with Crippen LogP contribution in [-0.4, -0.2) is 15.8 Å². The van der Waals surface area contributed by atoms with Gasteiger partial charge >= 0.3 is 0 Å². The van der Waals surface area contributed by atoms with Crippen LogP contribution in [0.2, 0.25) is 0 Å². The van der Waals surface area contributed by atoms with Crippen LogP contribution in [0.5, 0.6) is 17.2 Å². The average molecular weight is 232 g/mol. The third-order valence-corrected chi connectivity index (χ3v) is 2.38. The molecule has 0 aliphatic carbocycles. The molecular formula is C14H16O3. The van der Waals surface area contributed by atoms with Crippen molar-refractivity contribution in [3.05, 3.63) is 30.3 Å². The third kappa shape index (κ3) is 2.28. The molecule has 0 saturated carbocycles. The molecule has 3 nitrogen and oxygen atoms in total. The van der Waals surface area contributed by atoms with Crippen molar-refractivity contribution in [3.63, 3.8) is 0 Å². The summed E-state index contributed by atoms with van der Waals surface area (Å²) >= 11 is 0.